The average Bonchev–Trinajstić information content (AvgIpc) is 2.31. The third-order valence-electron chi connectivity index (χ3n) is 3.48. The molecule has 0 saturated carbocycles. The highest BCUT2D eigenvalue weighted by Crippen LogP contribution is 2.29. The van der Waals surface area contributed by atoms with Crippen LogP contribution in [0.4, 0.5) is 5.69 Å². The van der Waals surface area contributed by atoms with Crippen molar-refractivity contribution in [1.29, 1.82) is 0 Å². The van der Waals surface area contributed by atoms with Gasteiger partial charge in [-0.2, -0.15) is 5.10 Å². The van der Waals surface area contributed by atoms with Crippen molar-refractivity contribution in [2.75, 3.05) is 18.0 Å². The first kappa shape index (κ1) is 13.6. The first-order valence-electron chi connectivity index (χ1n) is 6.53. The Labute approximate surface area is 116 Å². The van der Waals surface area contributed by atoms with Crippen LogP contribution in [0.2, 0.25) is 0 Å². The second-order valence-corrected chi connectivity index (χ2v) is 6.11. The Bertz CT molecular complexity index is 476. The minimum absolute atomic E-state index is 0.0409. The highest BCUT2D eigenvalue weighted by Gasteiger charge is 2.24. The van der Waals surface area contributed by atoms with Crippen LogP contribution < -0.4 is 10.5 Å². The second kappa shape index (κ2) is 5.43. The van der Waals surface area contributed by atoms with Gasteiger partial charge in [0.25, 0.3) is 5.56 Å². The molecule has 0 N–H and O–H groups in total. The molecule has 0 aliphatic carbocycles. The molecule has 0 unspecified atom stereocenters. The van der Waals surface area contributed by atoms with Crippen LogP contribution in [0.3, 0.4) is 0 Å². The molecule has 1 aromatic rings. The van der Waals surface area contributed by atoms with E-state index in [4.69, 9.17) is 0 Å². The van der Waals surface area contributed by atoms with E-state index in [-0.39, 0.29) is 5.56 Å². The van der Waals surface area contributed by atoms with Gasteiger partial charge in [-0.3, -0.25) is 4.79 Å². The van der Waals surface area contributed by atoms with E-state index >= 15 is 0 Å². The van der Waals surface area contributed by atoms with Gasteiger partial charge >= 0.3 is 0 Å². The number of hydrogen-bond donors (Lipinski definition) is 0. The van der Waals surface area contributed by atoms with Gasteiger partial charge in [-0.05, 0) is 41.1 Å². The monoisotopic (exact) mass is 313 g/mol. The molecule has 2 rings (SSSR count). The summed E-state index contributed by atoms with van der Waals surface area (Å²) in [5, 5.41) is 4.22. The zero-order chi connectivity index (χ0) is 13.3. The van der Waals surface area contributed by atoms with E-state index in [0.29, 0.717) is 22.9 Å². The molecule has 1 fully saturated rings. The molecule has 5 heteroatoms. The molecule has 18 heavy (non-hydrogen) atoms. The van der Waals surface area contributed by atoms with Crippen LogP contribution in [-0.4, -0.2) is 22.9 Å². The summed E-state index contributed by atoms with van der Waals surface area (Å²) < 4.78 is 2.12. The smallest absolute Gasteiger partial charge is 0.283 e. The Morgan fingerprint density at radius 2 is 2.00 bits per heavy atom. The molecule has 2 atom stereocenters. The van der Waals surface area contributed by atoms with Gasteiger partial charge in [0.05, 0.1) is 11.9 Å². The van der Waals surface area contributed by atoms with E-state index in [9.17, 15) is 4.79 Å². The minimum atomic E-state index is -0.0409. The van der Waals surface area contributed by atoms with Gasteiger partial charge in [-0.1, -0.05) is 13.8 Å². The van der Waals surface area contributed by atoms with Crippen LogP contribution in [0.25, 0.3) is 0 Å². The van der Waals surface area contributed by atoms with Crippen molar-refractivity contribution in [2.24, 2.45) is 11.8 Å². The van der Waals surface area contributed by atoms with Gasteiger partial charge in [-0.15, -0.1) is 0 Å². The lowest BCUT2D eigenvalue weighted by Crippen LogP contribution is -2.40. The molecule has 100 valence electrons. The Kier molecular flexibility index (Phi) is 4.10. The first-order valence-corrected chi connectivity index (χ1v) is 7.32. The van der Waals surface area contributed by atoms with Gasteiger partial charge < -0.3 is 4.90 Å². The number of hydrogen-bond acceptors (Lipinski definition) is 3. The summed E-state index contributed by atoms with van der Waals surface area (Å²) in [7, 11) is 0. The fraction of sp³-hybridized carbons (Fsp3) is 0.692. The summed E-state index contributed by atoms with van der Waals surface area (Å²) in [5.74, 6) is 1.32. The molecular weight excluding hydrogens is 294 g/mol. The van der Waals surface area contributed by atoms with E-state index in [2.05, 4.69) is 39.8 Å². The molecule has 0 radical (unpaired) electrons. The SMILES string of the molecule is CCn1ncc(N2C[C@H](C)C[C@@H](C)C2)c(Br)c1=O. The van der Waals surface area contributed by atoms with Crippen molar-refractivity contribution in [2.45, 2.75) is 33.7 Å². The summed E-state index contributed by atoms with van der Waals surface area (Å²) in [5.41, 5.74) is 0.893. The molecule has 0 spiro atoms. The van der Waals surface area contributed by atoms with E-state index in [1.54, 1.807) is 6.20 Å². The zero-order valence-corrected chi connectivity index (χ0v) is 12.8. The second-order valence-electron chi connectivity index (χ2n) is 5.32. The van der Waals surface area contributed by atoms with Crippen LogP contribution in [0.1, 0.15) is 27.2 Å². The van der Waals surface area contributed by atoms with E-state index in [0.717, 1.165) is 18.8 Å². The van der Waals surface area contributed by atoms with Crippen LogP contribution in [0.5, 0.6) is 0 Å². The summed E-state index contributed by atoms with van der Waals surface area (Å²) in [6.07, 6.45) is 3.06. The Balaban J connectivity index is 2.34. The minimum Gasteiger partial charge on any atom is -0.369 e. The lowest BCUT2D eigenvalue weighted by Gasteiger charge is -2.36. The van der Waals surface area contributed by atoms with Gasteiger partial charge in [0.2, 0.25) is 0 Å². The number of piperidine rings is 1. The predicted molar refractivity (Wildman–Crippen MR) is 77.0 cm³/mol. The lowest BCUT2D eigenvalue weighted by molar-refractivity contribution is 0.356. The Hall–Kier alpha value is -0.840. The van der Waals surface area contributed by atoms with Crippen molar-refractivity contribution < 1.29 is 0 Å². The highest BCUT2D eigenvalue weighted by molar-refractivity contribution is 9.10. The maximum Gasteiger partial charge on any atom is 0.283 e. The molecular formula is C13H20BrN3O. The first-order chi connectivity index (χ1) is 8.52. The van der Waals surface area contributed by atoms with Crippen LogP contribution in [-0.2, 0) is 6.54 Å². The number of aryl methyl sites for hydroxylation is 1. The fourth-order valence-electron chi connectivity index (χ4n) is 2.76. The summed E-state index contributed by atoms with van der Waals surface area (Å²) in [6, 6.07) is 0. The zero-order valence-electron chi connectivity index (χ0n) is 11.2. The largest absolute Gasteiger partial charge is 0.369 e. The molecule has 1 aliphatic heterocycles. The fourth-order valence-corrected chi connectivity index (χ4v) is 3.32. The number of nitrogens with zero attached hydrogens (tertiary/aromatic N) is 3. The third-order valence-corrected chi connectivity index (χ3v) is 4.22. The number of halogens is 1. The molecule has 0 bridgehead atoms. The van der Waals surface area contributed by atoms with Crippen LogP contribution in [0, 0.1) is 11.8 Å². The van der Waals surface area contributed by atoms with Gasteiger partial charge in [0.1, 0.15) is 4.47 Å². The van der Waals surface area contributed by atoms with Crippen molar-refractivity contribution in [3.63, 3.8) is 0 Å². The Morgan fingerprint density at radius 3 is 2.56 bits per heavy atom. The van der Waals surface area contributed by atoms with Crippen LogP contribution in [0.15, 0.2) is 15.5 Å². The molecule has 1 saturated heterocycles. The van der Waals surface area contributed by atoms with Crippen molar-refractivity contribution >= 4 is 21.6 Å². The standard InChI is InChI=1S/C13H20BrN3O/c1-4-17-13(18)12(14)11(6-15-17)16-7-9(2)5-10(3)8-16/h6,9-10H,4-5,7-8H2,1-3H3/t9-,10-/m1/s1. The molecule has 0 amide bonds. The average molecular weight is 314 g/mol. The number of aromatic nitrogens is 2. The molecule has 1 aliphatic rings. The normalized spacial score (nSPS) is 24.3. The number of rotatable bonds is 2. The van der Waals surface area contributed by atoms with Gasteiger partial charge in [-0.25, -0.2) is 4.68 Å². The lowest BCUT2D eigenvalue weighted by atomic mass is 9.92. The molecule has 2 heterocycles. The summed E-state index contributed by atoms with van der Waals surface area (Å²) in [4.78, 5) is 14.3. The van der Waals surface area contributed by atoms with Gasteiger partial charge in [0.15, 0.2) is 0 Å². The van der Waals surface area contributed by atoms with Crippen molar-refractivity contribution in [3.8, 4) is 0 Å². The quantitative estimate of drug-likeness (QED) is 0.842. The maximum atomic E-state index is 12.1. The van der Waals surface area contributed by atoms with E-state index in [1.807, 2.05) is 6.92 Å². The Morgan fingerprint density at radius 1 is 1.39 bits per heavy atom. The summed E-state index contributed by atoms with van der Waals surface area (Å²) in [6.45, 7) is 9.05. The van der Waals surface area contributed by atoms with E-state index < -0.39 is 0 Å². The summed E-state index contributed by atoms with van der Waals surface area (Å²) >= 11 is 3.43. The third kappa shape index (κ3) is 2.60. The predicted octanol–water partition coefficient (Wildman–Crippen LogP) is 2.51. The van der Waals surface area contributed by atoms with Crippen molar-refractivity contribution in [3.05, 3.63) is 21.0 Å². The number of anilines is 1. The highest BCUT2D eigenvalue weighted by atomic mass is 79.9. The maximum absolute atomic E-state index is 12.1. The van der Waals surface area contributed by atoms with Crippen molar-refractivity contribution in [1.82, 2.24) is 9.78 Å². The molecule has 4 nitrogen and oxygen atoms in total. The van der Waals surface area contributed by atoms with E-state index in [1.165, 1.54) is 11.1 Å². The molecule has 1 aromatic heterocycles. The van der Waals surface area contributed by atoms with Crippen LogP contribution >= 0.6 is 15.9 Å². The topological polar surface area (TPSA) is 38.1 Å². The van der Waals surface area contributed by atoms with Gasteiger partial charge in [0, 0.05) is 19.6 Å². The molecule has 0 aromatic carbocycles.